The Morgan fingerprint density at radius 3 is 2.52 bits per heavy atom. The van der Waals surface area contributed by atoms with Crippen LogP contribution in [0.15, 0.2) is 30.3 Å². The van der Waals surface area contributed by atoms with Crippen LogP contribution in [0.1, 0.15) is 18.4 Å². The van der Waals surface area contributed by atoms with Gasteiger partial charge in [-0.05, 0) is 42.5 Å². The fourth-order valence-electron chi connectivity index (χ4n) is 3.87. The number of nitrogens with one attached hydrogen (secondary N) is 1. The molecule has 31 heavy (non-hydrogen) atoms. The summed E-state index contributed by atoms with van der Waals surface area (Å²) in [6, 6.07) is 7.59. The number of anilines is 1. The lowest BCUT2D eigenvalue weighted by Crippen LogP contribution is -2.31. The zero-order chi connectivity index (χ0) is 22.4. The van der Waals surface area contributed by atoms with Crippen molar-refractivity contribution in [2.75, 3.05) is 45.9 Å². The first-order valence-corrected chi connectivity index (χ1v) is 10.2. The van der Waals surface area contributed by atoms with Crippen molar-refractivity contribution in [1.82, 2.24) is 5.32 Å². The number of hydrogen-bond donors (Lipinski definition) is 1. The summed E-state index contributed by atoms with van der Waals surface area (Å²) in [5, 5.41) is 2.98. The molecule has 1 aliphatic heterocycles. The minimum atomic E-state index is -0.849. The van der Waals surface area contributed by atoms with Gasteiger partial charge in [-0.1, -0.05) is 6.07 Å². The molecule has 3 rings (SSSR count). The van der Waals surface area contributed by atoms with Gasteiger partial charge in [0.25, 0.3) is 0 Å². The molecule has 1 amide bonds. The monoisotopic (exact) mass is 434 g/mol. The number of carbonyl (C=O) groups excluding carboxylic acids is 1. The Labute approximate surface area is 181 Å². The Balaban J connectivity index is 1.49. The third-order valence-corrected chi connectivity index (χ3v) is 5.55. The van der Waals surface area contributed by atoms with Crippen LogP contribution in [0.5, 0.6) is 17.2 Å². The summed E-state index contributed by atoms with van der Waals surface area (Å²) in [6.45, 7) is 1.98. The molecule has 1 atom stereocenters. The second-order valence-corrected chi connectivity index (χ2v) is 7.50. The van der Waals surface area contributed by atoms with Gasteiger partial charge in [-0.15, -0.1) is 0 Å². The van der Waals surface area contributed by atoms with E-state index in [4.69, 9.17) is 14.2 Å². The molecule has 2 aromatic rings. The fraction of sp³-hybridized carbons (Fsp3) is 0.435. The van der Waals surface area contributed by atoms with Crippen molar-refractivity contribution in [2.24, 2.45) is 5.92 Å². The Hall–Kier alpha value is -3.03. The Morgan fingerprint density at radius 2 is 1.84 bits per heavy atom. The predicted molar refractivity (Wildman–Crippen MR) is 114 cm³/mol. The smallest absolute Gasteiger partial charge is 0.220 e. The number of aryl methyl sites for hydroxylation is 1. The van der Waals surface area contributed by atoms with Crippen molar-refractivity contribution in [3.63, 3.8) is 0 Å². The van der Waals surface area contributed by atoms with E-state index in [2.05, 4.69) is 5.32 Å². The van der Waals surface area contributed by atoms with Crippen LogP contribution in [0.3, 0.4) is 0 Å². The summed E-state index contributed by atoms with van der Waals surface area (Å²) in [5.41, 5.74) is 1.52. The van der Waals surface area contributed by atoms with Gasteiger partial charge in [0.15, 0.2) is 23.1 Å². The molecular formula is C23H28F2N2O4. The maximum atomic E-state index is 13.5. The van der Waals surface area contributed by atoms with Crippen LogP contribution in [0, 0.1) is 17.6 Å². The van der Waals surface area contributed by atoms with Gasteiger partial charge in [0.1, 0.15) is 0 Å². The summed E-state index contributed by atoms with van der Waals surface area (Å²) in [5.74, 6) is 0.145. The van der Waals surface area contributed by atoms with Gasteiger partial charge < -0.3 is 24.4 Å². The van der Waals surface area contributed by atoms with E-state index < -0.39 is 11.6 Å². The second kappa shape index (κ2) is 10.3. The van der Waals surface area contributed by atoms with Crippen LogP contribution in [-0.4, -0.2) is 46.9 Å². The lowest BCUT2D eigenvalue weighted by Gasteiger charge is -2.19. The van der Waals surface area contributed by atoms with Gasteiger partial charge in [-0.2, -0.15) is 0 Å². The third kappa shape index (κ3) is 5.37. The molecule has 1 fully saturated rings. The Kier molecular flexibility index (Phi) is 7.55. The van der Waals surface area contributed by atoms with E-state index in [1.165, 1.54) is 6.07 Å². The molecule has 1 N–H and O–H groups in total. The first-order chi connectivity index (χ1) is 15.0. The number of nitrogens with zero attached hydrogens (tertiary/aromatic N) is 1. The topological polar surface area (TPSA) is 60.0 Å². The molecular weight excluding hydrogens is 406 g/mol. The number of hydrogen-bond acceptors (Lipinski definition) is 5. The number of amides is 1. The Bertz CT molecular complexity index is 923. The quantitative estimate of drug-likeness (QED) is 0.654. The SMILES string of the molecule is COc1ccc(CCC(=O)NCC2CCN(c3ccc(F)c(F)c3)C2)c(OC)c1OC. The van der Waals surface area contributed by atoms with Gasteiger partial charge >= 0.3 is 0 Å². The first-order valence-electron chi connectivity index (χ1n) is 10.2. The van der Waals surface area contributed by atoms with Crippen LogP contribution in [-0.2, 0) is 11.2 Å². The molecule has 1 heterocycles. The van der Waals surface area contributed by atoms with Crippen molar-refractivity contribution >= 4 is 11.6 Å². The zero-order valence-electron chi connectivity index (χ0n) is 18.0. The van der Waals surface area contributed by atoms with Crippen molar-refractivity contribution in [3.8, 4) is 17.2 Å². The number of rotatable bonds is 9. The second-order valence-electron chi connectivity index (χ2n) is 7.50. The van der Waals surface area contributed by atoms with Crippen LogP contribution in [0.4, 0.5) is 14.5 Å². The maximum Gasteiger partial charge on any atom is 0.220 e. The maximum absolute atomic E-state index is 13.5. The predicted octanol–water partition coefficient (Wildman–Crippen LogP) is 3.57. The summed E-state index contributed by atoms with van der Waals surface area (Å²) in [6.07, 6.45) is 1.69. The number of halogens is 2. The molecule has 1 aliphatic rings. The first kappa shape index (κ1) is 22.7. The van der Waals surface area contributed by atoms with Crippen LogP contribution in [0.2, 0.25) is 0 Å². The van der Waals surface area contributed by atoms with Crippen LogP contribution >= 0.6 is 0 Å². The molecule has 2 aromatic carbocycles. The largest absolute Gasteiger partial charge is 0.493 e. The summed E-state index contributed by atoms with van der Waals surface area (Å²) in [7, 11) is 4.66. The third-order valence-electron chi connectivity index (χ3n) is 5.55. The molecule has 0 bridgehead atoms. The van der Waals surface area contributed by atoms with E-state index in [0.29, 0.717) is 48.9 Å². The van der Waals surface area contributed by atoms with Crippen molar-refractivity contribution in [3.05, 3.63) is 47.5 Å². The minimum Gasteiger partial charge on any atom is -0.493 e. The highest BCUT2D eigenvalue weighted by molar-refractivity contribution is 5.76. The van der Waals surface area contributed by atoms with E-state index in [9.17, 15) is 13.6 Å². The van der Waals surface area contributed by atoms with Crippen molar-refractivity contribution in [1.29, 1.82) is 0 Å². The molecule has 0 saturated carbocycles. The van der Waals surface area contributed by atoms with Crippen molar-refractivity contribution < 1.29 is 27.8 Å². The molecule has 1 unspecified atom stereocenters. The average Bonchev–Trinajstić information content (AvgIpc) is 3.26. The normalized spacial score (nSPS) is 15.6. The lowest BCUT2D eigenvalue weighted by atomic mass is 10.1. The van der Waals surface area contributed by atoms with E-state index in [-0.39, 0.29) is 11.8 Å². The highest BCUT2D eigenvalue weighted by Crippen LogP contribution is 2.40. The summed E-state index contributed by atoms with van der Waals surface area (Å²) < 4.78 is 42.7. The van der Waals surface area contributed by atoms with Crippen LogP contribution in [0.25, 0.3) is 0 Å². The van der Waals surface area contributed by atoms with Crippen molar-refractivity contribution in [2.45, 2.75) is 19.3 Å². The van der Waals surface area contributed by atoms with Gasteiger partial charge in [0.05, 0.1) is 21.3 Å². The molecule has 0 radical (unpaired) electrons. The number of ether oxygens (including phenoxy) is 3. The number of carbonyl (C=O) groups is 1. The average molecular weight is 434 g/mol. The zero-order valence-corrected chi connectivity index (χ0v) is 18.0. The van der Waals surface area contributed by atoms with E-state index in [0.717, 1.165) is 24.6 Å². The molecule has 6 nitrogen and oxygen atoms in total. The Morgan fingerprint density at radius 1 is 1.06 bits per heavy atom. The van der Waals surface area contributed by atoms with Crippen LogP contribution < -0.4 is 24.4 Å². The molecule has 8 heteroatoms. The fourth-order valence-corrected chi connectivity index (χ4v) is 3.87. The van der Waals surface area contributed by atoms with Gasteiger partial charge in [-0.25, -0.2) is 8.78 Å². The standard InChI is InChI=1S/C23H28F2N2O4/c1-29-20-8-4-16(22(30-2)23(20)31-3)5-9-21(28)26-13-15-10-11-27(14-15)17-6-7-18(24)19(25)12-17/h4,6-8,12,15H,5,9-11,13-14H2,1-3H3,(H,26,28). The molecule has 168 valence electrons. The minimum absolute atomic E-state index is 0.0527. The van der Waals surface area contributed by atoms with E-state index in [1.54, 1.807) is 33.5 Å². The number of methoxy groups -OCH3 is 3. The number of benzene rings is 2. The molecule has 0 aliphatic carbocycles. The summed E-state index contributed by atoms with van der Waals surface area (Å²) >= 11 is 0. The molecule has 0 spiro atoms. The molecule has 0 aromatic heterocycles. The highest BCUT2D eigenvalue weighted by Gasteiger charge is 2.24. The summed E-state index contributed by atoms with van der Waals surface area (Å²) in [4.78, 5) is 14.4. The van der Waals surface area contributed by atoms with E-state index in [1.807, 2.05) is 11.0 Å². The van der Waals surface area contributed by atoms with E-state index >= 15 is 0 Å². The van der Waals surface area contributed by atoms with Gasteiger partial charge in [0, 0.05) is 37.8 Å². The molecule has 1 saturated heterocycles. The van der Waals surface area contributed by atoms with Gasteiger partial charge in [0.2, 0.25) is 11.7 Å². The lowest BCUT2D eigenvalue weighted by molar-refractivity contribution is -0.121. The highest BCUT2D eigenvalue weighted by atomic mass is 19.2. The van der Waals surface area contributed by atoms with Gasteiger partial charge in [-0.3, -0.25) is 4.79 Å².